The van der Waals surface area contributed by atoms with Crippen LogP contribution in [0.4, 0.5) is 5.82 Å². The van der Waals surface area contributed by atoms with Gasteiger partial charge in [0.15, 0.2) is 0 Å². The smallest absolute Gasteiger partial charge is 0.140 e. The summed E-state index contributed by atoms with van der Waals surface area (Å²) in [5.74, 6) is 0.860. The number of halogens is 1. The SMILES string of the molecule is Cc1cnc(NCc2nc(C)cs2)c(Br)c1. The minimum atomic E-state index is 0.715. The van der Waals surface area contributed by atoms with Gasteiger partial charge in [0.1, 0.15) is 10.8 Å². The van der Waals surface area contributed by atoms with Crippen molar-refractivity contribution < 1.29 is 0 Å². The first kappa shape index (κ1) is 11.5. The topological polar surface area (TPSA) is 37.8 Å². The predicted octanol–water partition coefficient (Wildman–Crippen LogP) is 3.53. The summed E-state index contributed by atoms with van der Waals surface area (Å²) in [6, 6.07) is 2.04. The highest BCUT2D eigenvalue weighted by molar-refractivity contribution is 9.10. The molecule has 2 aromatic heterocycles. The summed E-state index contributed by atoms with van der Waals surface area (Å²) in [4.78, 5) is 8.70. The fourth-order valence-electron chi connectivity index (χ4n) is 1.31. The molecule has 5 heteroatoms. The van der Waals surface area contributed by atoms with E-state index in [1.165, 1.54) is 0 Å². The van der Waals surface area contributed by atoms with E-state index >= 15 is 0 Å². The Balaban J connectivity index is 2.04. The third kappa shape index (κ3) is 2.80. The number of rotatable bonds is 3. The van der Waals surface area contributed by atoms with Crippen LogP contribution < -0.4 is 5.32 Å². The Morgan fingerprint density at radius 2 is 2.25 bits per heavy atom. The maximum atomic E-state index is 4.39. The number of hydrogen-bond acceptors (Lipinski definition) is 4. The van der Waals surface area contributed by atoms with Gasteiger partial charge < -0.3 is 5.32 Å². The molecule has 0 saturated heterocycles. The third-order valence-corrected chi connectivity index (χ3v) is 3.62. The van der Waals surface area contributed by atoms with Crippen LogP contribution in [-0.4, -0.2) is 9.97 Å². The molecule has 2 aromatic rings. The molecule has 0 atom stereocenters. The van der Waals surface area contributed by atoms with Crippen LogP contribution in [0.5, 0.6) is 0 Å². The number of anilines is 1. The Morgan fingerprint density at radius 3 is 2.88 bits per heavy atom. The number of aromatic nitrogens is 2. The average molecular weight is 298 g/mol. The van der Waals surface area contributed by atoms with Crippen LogP contribution in [-0.2, 0) is 6.54 Å². The summed E-state index contributed by atoms with van der Waals surface area (Å²) >= 11 is 5.14. The second-order valence-electron chi connectivity index (χ2n) is 3.58. The van der Waals surface area contributed by atoms with Crippen LogP contribution in [0.25, 0.3) is 0 Å². The van der Waals surface area contributed by atoms with Gasteiger partial charge in [-0.2, -0.15) is 0 Å². The van der Waals surface area contributed by atoms with E-state index in [1.54, 1.807) is 11.3 Å². The Morgan fingerprint density at radius 1 is 1.44 bits per heavy atom. The van der Waals surface area contributed by atoms with Crippen LogP contribution in [0.15, 0.2) is 22.1 Å². The number of nitrogens with zero attached hydrogens (tertiary/aromatic N) is 2. The molecule has 0 radical (unpaired) electrons. The Bertz CT molecular complexity index is 496. The van der Waals surface area contributed by atoms with Gasteiger partial charge >= 0.3 is 0 Å². The van der Waals surface area contributed by atoms with E-state index in [-0.39, 0.29) is 0 Å². The van der Waals surface area contributed by atoms with Crippen LogP contribution in [0.2, 0.25) is 0 Å². The maximum Gasteiger partial charge on any atom is 0.140 e. The molecule has 0 amide bonds. The van der Waals surface area contributed by atoms with Crippen molar-refractivity contribution >= 4 is 33.1 Å². The van der Waals surface area contributed by atoms with E-state index in [4.69, 9.17) is 0 Å². The first-order valence-electron chi connectivity index (χ1n) is 4.92. The van der Waals surface area contributed by atoms with Crippen molar-refractivity contribution in [2.75, 3.05) is 5.32 Å². The van der Waals surface area contributed by atoms with Gasteiger partial charge in [-0.1, -0.05) is 0 Å². The average Bonchev–Trinajstić information content (AvgIpc) is 2.63. The first-order chi connectivity index (χ1) is 7.65. The van der Waals surface area contributed by atoms with Crippen molar-refractivity contribution in [3.63, 3.8) is 0 Å². The van der Waals surface area contributed by atoms with Crippen LogP contribution >= 0.6 is 27.3 Å². The normalized spacial score (nSPS) is 10.4. The highest BCUT2D eigenvalue weighted by atomic mass is 79.9. The lowest BCUT2D eigenvalue weighted by molar-refractivity contribution is 1.05. The van der Waals surface area contributed by atoms with Crippen molar-refractivity contribution in [2.24, 2.45) is 0 Å². The van der Waals surface area contributed by atoms with E-state index in [2.05, 4.69) is 36.6 Å². The van der Waals surface area contributed by atoms with Gasteiger partial charge in [-0.25, -0.2) is 9.97 Å². The van der Waals surface area contributed by atoms with Gasteiger partial charge in [-0.3, -0.25) is 0 Å². The quantitative estimate of drug-likeness (QED) is 0.942. The summed E-state index contributed by atoms with van der Waals surface area (Å²) in [6.07, 6.45) is 1.85. The minimum absolute atomic E-state index is 0.715. The summed E-state index contributed by atoms with van der Waals surface area (Å²) in [7, 11) is 0. The van der Waals surface area contributed by atoms with Crippen molar-refractivity contribution in [1.82, 2.24) is 9.97 Å². The molecule has 84 valence electrons. The molecule has 0 saturated carbocycles. The zero-order valence-electron chi connectivity index (χ0n) is 9.12. The van der Waals surface area contributed by atoms with E-state index in [0.29, 0.717) is 6.54 Å². The standard InChI is InChI=1S/C11H12BrN3S/c1-7-3-9(12)11(13-4-7)14-5-10-15-8(2)6-16-10/h3-4,6H,5H2,1-2H3,(H,13,14). The van der Waals surface area contributed by atoms with Gasteiger partial charge in [0, 0.05) is 17.3 Å². The van der Waals surface area contributed by atoms with Crippen molar-refractivity contribution in [3.05, 3.63) is 38.4 Å². The number of pyridine rings is 1. The molecular weight excluding hydrogens is 286 g/mol. The summed E-state index contributed by atoms with van der Waals surface area (Å²) in [6.45, 7) is 4.74. The Labute approximate surface area is 107 Å². The number of nitrogens with one attached hydrogen (secondary N) is 1. The third-order valence-electron chi connectivity index (χ3n) is 2.05. The molecule has 0 aliphatic carbocycles. The highest BCUT2D eigenvalue weighted by Gasteiger charge is 2.03. The molecule has 0 unspecified atom stereocenters. The largest absolute Gasteiger partial charge is 0.363 e. The molecule has 0 spiro atoms. The number of thiazole rings is 1. The van der Waals surface area contributed by atoms with Gasteiger partial charge in [-0.05, 0) is 41.4 Å². The fraction of sp³-hybridized carbons (Fsp3) is 0.273. The zero-order chi connectivity index (χ0) is 11.5. The molecule has 0 fully saturated rings. The molecule has 1 N–H and O–H groups in total. The monoisotopic (exact) mass is 297 g/mol. The van der Waals surface area contributed by atoms with E-state index in [9.17, 15) is 0 Å². The van der Waals surface area contributed by atoms with Crippen molar-refractivity contribution in [2.45, 2.75) is 20.4 Å². The zero-order valence-corrected chi connectivity index (χ0v) is 11.5. The number of hydrogen-bond donors (Lipinski definition) is 1. The summed E-state index contributed by atoms with van der Waals surface area (Å²) in [5, 5.41) is 6.39. The van der Waals surface area contributed by atoms with E-state index in [0.717, 1.165) is 26.6 Å². The van der Waals surface area contributed by atoms with Crippen molar-refractivity contribution in [3.8, 4) is 0 Å². The van der Waals surface area contributed by atoms with Gasteiger partial charge in [0.2, 0.25) is 0 Å². The second kappa shape index (κ2) is 4.93. The van der Waals surface area contributed by atoms with Crippen LogP contribution in [0.3, 0.4) is 0 Å². The molecular formula is C11H12BrN3S. The Kier molecular flexibility index (Phi) is 3.56. The maximum absolute atomic E-state index is 4.39. The van der Waals surface area contributed by atoms with Gasteiger partial charge in [0.05, 0.1) is 11.0 Å². The van der Waals surface area contributed by atoms with Crippen molar-refractivity contribution in [1.29, 1.82) is 0 Å². The number of aryl methyl sites for hydroxylation is 2. The lowest BCUT2D eigenvalue weighted by Crippen LogP contribution is -2.02. The van der Waals surface area contributed by atoms with Crippen LogP contribution in [0.1, 0.15) is 16.3 Å². The van der Waals surface area contributed by atoms with E-state index < -0.39 is 0 Å². The lowest BCUT2D eigenvalue weighted by atomic mass is 10.3. The molecule has 2 rings (SSSR count). The van der Waals surface area contributed by atoms with Crippen LogP contribution in [0, 0.1) is 13.8 Å². The van der Waals surface area contributed by atoms with Gasteiger partial charge in [-0.15, -0.1) is 11.3 Å². The molecule has 0 aromatic carbocycles. The lowest BCUT2D eigenvalue weighted by Gasteiger charge is -2.06. The van der Waals surface area contributed by atoms with Gasteiger partial charge in [0.25, 0.3) is 0 Å². The molecule has 0 aliphatic rings. The molecule has 3 nitrogen and oxygen atoms in total. The van der Waals surface area contributed by atoms with E-state index in [1.807, 2.05) is 26.1 Å². The predicted molar refractivity (Wildman–Crippen MR) is 70.9 cm³/mol. The second-order valence-corrected chi connectivity index (χ2v) is 5.38. The summed E-state index contributed by atoms with van der Waals surface area (Å²) in [5.41, 5.74) is 2.21. The first-order valence-corrected chi connectivity index (χ1v) is 6.59. The molecule has 0 aliphatic heterocycles. The summed E-state index contributed by atoms with van der Waals surface area (Å²) < 4.78 is 0.987. The molecule has 2 heterocycles. The Hall–Kier alpha value is -0.940. The fourth-order valence-corrected chi connectivity index (χ4v) is 2.62. The molecule has 0 bridgehead atoms. The molecule has 16 heavy (non-hydrogen) atoms. The minimum Gasteiger partial charge on any atom is -0.363 e. The highest BCUT2D eigenvalue weighted by Crippen LogP contribution is 2.21.